The number of carbonyl (C=O) groups is 2. The Kier molecular flexibility index (Phi) is 4.77. The smallest absolute Gasteiger partial charge is 0.338 e. The van der Waals surface area contributed by atoms with Gasteiger partial charge in [0, 0.05) is 12.1 Å². The highest BCUT2D eigenvalue weighted by Gasteiger charge is 2.19. The molecule has 1 aromatic carbocycles. The Morgan fingerprint density at radius 3 is 2.65 bits per heavy atom. The van der Waals surface area contributed by atoms with Gasteiger partial charge in [-0.05, 0) is 43.4 Å². The molecule has 4 nitrogen and oxygen atoms in total. The highest BCUT2D eigenvalue weighted by atomic mass is 16.5. The van der Waals surface area contributed by atoms with Crippen LogP contribution in [0.4, 0.5) is 5.69 Å². The van der Waals surface area contributed by atoms with E-state index >= 15 is 0 Å². The third-order valence-electron chi connectivity index (χ3n) is 3.96. The second-order valence-corrected chi connectivity index (χ2v) is 5.37. The number of rotatable bonds is 4. The van der Waals surface area contributed by atoms with Gasteiger partial charge in [-0.15, -0.1) is 0 Å². The summed E-state index contributed by atoms with van der Waals surface area (Å²) >= 11 is 0. The number of benzene rings is 1. The second kappa shape index (κ2) is 6.55. The van der Waals surface area contributed by atoms with Crippen LogP contribution in [0.3, 0.4) is 0 Å². The van der Waals surface area contributed by atoms with Crippen LogP contribution in [0.15, 0.2) is 18.2 Å². The predicted molar refractivity (Wildman–Crippen MR) is 77.7 cm³/mol. The van der Waals surface area contributed by atoms with Crippen molar-refractivity contribution in [2.24, 2.45) is 5.92 Å². The first-order valence-electron chi connectivity index (χ1n) is 7.09. The maximum Gasteiger partial charge on any atom is 0.338 e. The summed E-state index contributed by atoms with van der Waals surface area (Å²) in [6.07, 6.45) is 5.33. The molecule has 0 heterocycles. The molecule has 0 aliphatic heterocycles. The normalized spacial score (nSPS) is 15.1. The molecular formula is C16H21NO3. The minimum absolute atomic E-state index is 0.0296. The van der Waals surface area contributed by atoms with E-state index in [0.29, 0.717) is 23.6 Å². The Morgan fingerprint density at radius 2 is 2.00 bits per heavy atom. The van der Waals surface area contributed by atoms with E-state index < -0.39 is 0 Å². The predicted octanol–water partition coefficient (Wildman–Crippen LogP) is 3.30. The quantitative estimate of drug-likeness (QED) is 0.858. The fraction of sp³-hybridized carbons (Fsp3) is 0.500. The van der Waals surface area contributed by atoms with Gasteiger partial charge < -0.3 is 10.1 Å². The number of anilines is 1. The molecular weight excluding hydrogens is 254 g/mol. The van der Waals surface area contributed by atoms with Gasteiger partial charge in [0.2, 0.25) is 5.91 Å². The standard InChI is InChI=1S/C16H21NO3/c1-11-13(16(19)20-2)8-5-9-14(11)17-15(18)10-12-6-3-4-7-12/h5,8-9,12H,3-4,6-7,10H2,1-2H3,(H,17,18). The molecule has 1 N–H and O–H groups in total. The Balaban J connectivity index is 2.05. The van der Waals surface area contributed by atoms with Gasteiger partial charge in [-0.2, -0.15) is 0 Å². The van der Waals surface area contributed by atoms with Crippen molar-refractivity contribution >= 4 is 17.6 Å². The van der Waals surface area contributed by atoms with Crippen molar-refractivity contribution in [1.29, 1.82) is 0 Å². The monoisotopic (exact) mass is 275 g/mol. The van der Waals surface area contributed by atoms with Crippen LogP contribution in [0.2, 0.25) is 0 Å². The third-order valence-corrected chi connectivity index (χ3v) is 3.96. The fourth-order valence-corrected chi connectivity index (χ4v) is 2.78. The molecule has 1 aliphatic carbocycles. The summed E-state index contributed by atoms with van der Waals surface area (Å²) in [7, 11) is 1.35. The molecule has 1 amide bonds. The highest BCUT2D eigenvalue weighted by Crippen LogP contribution is 2.28. The van der Waals surface area contributed by atoms with Gasteiger partial charge in [-0.3, -0.25) is 4.79 Å². The van der Waals surface area contributed by atoms with Gasteiger partial charge >= 0.3 is 5.97 Å². The van der Waals surface area contributed by atoms with Crippen molar-refractivity contribution < 1.29 is 14.3 Å². The molecule has 0 radical (unpaired) electrons. The first-order chi connectivity index (χ1) is 9.61. The zero-order valence-corrected chi connectivity index (χ0v) is 12.1. The maximum absolute atomic E-state index is 12.0. The summed E-state index contributed by atoms with van der Waals surface area (Å²) < 4.78 is 4.73. The molecule has 1 saturated carbocycles. The lowest BCUT2D eigenvalue weighted by atomic mass is 10.0. The number of ether oxygens (including phenoxy) is 1. The first-order valence-corrected chi connectivity index (χ1v) is 7.09. The fourth-order valence-electron chi connectivity index (χ4n) is 2.78. The molecule has 0 unspecified atom stereocenters. The zero-order chi connectivity index (χ0) is 14.5. The van der Waals surface area contributed by atoms with Gasteiger partial charge in [0.05, 0.1) is 12.7 Å². The van der Waals surface area contributed by atoms with E-state index in [4.69, 9.17) is 4.74 Å². The van der Waals surface area contributed by atoms with Gasteiger partial charge in [0.25, 0.3) is 0 Å². The lowest BCUT2D eigenvalue weighted by Gasteiger charge is -2.13. The molecule has 1 aliphatic rings. The van der Waals surface area contributed by atoms with Crippen LogP contribution in [-0.2, 0) is 9.53 Å². The van der Waals surface area contributed by atoms with E-state index in [2.05, 4.69) is 5.32 Å². The molecule has 2 rings (SSSR count). The highest BCUT2D eigenvalue weighted by molar-refractivity contribution is 5.96. The number of esters is 1. The molecule has 0 saturated heterocycles. The molecule has 0 aromatic heterocycles. The molecule has 108 valence electrons. The van der Waals surface area contributed by atoms with E-state index in [1.54, 1.807) is 12.1 Å². The molecule has 4 heteroatoms. The van der Waals surface area contributed by atoms with Gasteiger partial charge in [-0.25, -0.2) is 4.79 Å². The molecule has 20 heavy (non-hydrogen) atoms. The van der Waals surface area contributed by atoms with Crippen LogP contribution in [0, 0.1) is 12.8 Å². The largest absolute Gasteiger partial charge is 0.465 e. The molecule has 1 aromatic rings. The van der Waals surface area contributed by atoms with Crippen molar-refractivity contribution in [3.05, 3.63) is 29.3 Å². The van der Waals surface area contributed by atoms with Crippen molar-refractivity contribution in [3.8, 4) is 0 Å². The number of carbonyl (C=O) groups excluding carboxylic acids is 2. The Morgan fingerprint density at radius 1 is 1.30 bits per heavy atom. The maximum atomic E-state index is 12.0. The van der Waals surface area contributed by atoms with Crippen LogP contribution < -0.4 is 5.32 Å². The number of amides is 1. The Labute approximate surface area is 119 Å². The average molecular weight is 275 g/mol. The van der Waals surface area contributed by atoms with Crippen LogP contribution in [0.1, 0.15) is 48.0 Å². The number of methoxy groups -OCH3 is 1. The first kappa shape index (κ1) is 14.6. The minimum atomic E-state index is -0.380. The Hall–Kier alpha value is -1.84. The summed E-state index contributed by atoms with van der Waals surface area (Å²) in [5.74, 6) is 0.163. The third kappa shape index (κ3) is 3.38. The van der Waals surface area contributed by atoms with Crippen molar-refractivity contribution in [3.63, 3.8) is 0 Å². The number of nitrogens with one attached hydrogen (secondary N) is 1. The summed E-state index contributed by atoms with van der Waals surface area (Å²) in [4.78, 5) is 23.7. The van der Waals surface area contributed by atoms with E-state index in [9.17, 15) is 9.59 Å². The molecule has 0 bridgehead atoms. The molecule has 0 spiro atoms. The van der Waals surface area contributed by atoms with E-state index in [-0.39, 0.29) is 11.9 Å². The van der Waals surface area contributed by atoms with Crippen LogP contribution >= 0.6 is 0 Å². The van der Waals surface area contributed by atoms with Crippen molar-refractivity contribution in [2.45, 2.75) is 39.0 Å². The lowest BCUT2D eigenvalue weighted by molar-refractivity contribution is -0.117. The second-order valence-electron chi connectivity index (χ2n) is 5.37. The van der Waals surface area contributed by atoms with Crippen LogP contribution in [-0.4, -0.2) is 19.0 Å². The summed E-state index contributed by atoms with van der Waals surface area (Å²) in [5, 5.41) is 2.91. The average Bonchev–Trinajstić information content (AvgIpc) is 2.93. The SMILES string of the molecule is COC(=O)c1cccc(NC(=O)CC2CCCC2)c1C. The Bertz CT molecular complexity index is 504. The topological polar surface area (TPSA) is 55.4 Å². The van der Waals surface area contributed by atoms with Crippen LogP contribution in [0.25, 0.3) is 0 Å². The van der Waals surface area contributed by atoms with Crippen LogP contribution in [0.5, 0.6) is 0 Å². The van der Waals surface area contributed by atoms with Gasteiger partial charge in [0.1, 0.15) is 0 Å². The van der Waals surface area contributed by atoms with Crippen molar-refractivity contribution in [2.75, 3.05) is 12.4 Å². The van der Waals surface area contributed by atoms with E-state index in [1.165, 1.54) is 20.0 Å². The summed E-state index contributed by atoms with van der Waals surface area (Å²) in [6.45, 7) is 1.82. The number of hydrogen-bond acceptors (Lipinski definition) is 3. The van der Waals surface area contributed by atoms with E-state index in [0.717, 1.165) is 18.4 Å². The molecule has 0 atom stereocenters. The van der Waals surface area contributed by atoms with Gasteiger partial charge in [0.15, 0.2) is 0 Å². The summed E-state index contributed by atoms with van der Waals surface area (Å²) in [5.41, 5.74) is 1.93. The summed E-state index contributed by atoms with van der Waals surface area (Å²) in [6, 6.07) is 5.27. The zero-order valence-electron chi connectivity index (χ0n) is 12.1. The van der Waals surface area contributed by atoms with Gasteiger partial charge in [-0.1, -0.05) is 18.9 Å². The van der Waals surface area contributed by atoms with Crippen molar-refractivity contribution in [1.82, 2.24) is 0 Å². The van der Waals surface area contributed by atoms with E-state index in [1.807, 2.05) is 13.0 Å². The minimum Gasteiger partial charge on any atom is -0.465 e. The number of hydrogen-bond donors (Lipinski definition) is 1. The molecule has 1 fully saturated rings. The lowest BCUT2D eigenvalue weighted by Crippen LogP contribution is -2.16.